The van der Waals surface area contributed by atoms with E-state index in [-0.39, 0.29) is 29.7 Å². The van der Waals surface area contributed by atoms with E-state index in [9.17, 15) is 14.4 Å². The van der Waals surface area contributed by atoms with Crippen molar-refractivity contribution in [3.8, 4) is 0 Å². The zero-order chi connectivity index (χ0) is 17.9. The van der Waals surface area contributed by atoms with E-state index in [2.05, 4.69) is 10.2 Å². The van der Waals surface area contributed by atoms with E-state index in [0.29, 0.717) is 25.9 Å². The van der Waals surface area contributed by atoms with Gasteiger partial charge in [-0.3, -0.25) is 14.4 Å². The first-order chi connectivity index (χ1) is 11.3. The maximum Gasteiger partial charge on any atom is 0.306 e. The molecule has 7 heteroatoms. The molecule has 24 heavy (non-hydrogen) atoms. The Kier molecular flexibility index (Phi) is 6.21. The van der Waals surface area contributed by atoms with Crippen LogP contribution in [0.5, 0.6) is 0 Å². The summed E-state index contributed by atoms with van der Waals surface area (Å²) in [6.45, 7) is 8.64. The van der Waals surface area contributed by atoms with Crippen molar-refractivity contribution in [1.82, 2.24) is 15.1 Å². The highest BCUT2D eigenvalue weighted by atomic mass is 16.5. The second-order valence-corrected chi connectivity index (χ2v) is 6.92. The maximum absolute atomic E-state index is 12.7. The number of carbonyl (C=O) groups is 3. The summed E-state index contributed by atoms with van der Waals surface area (Å²) >= 11 is 0. The van der Waals surface area contributed by atoms with Crippen LogP contribution in [0, 0.1) is 11.8 Å². The number of likely N-dealkylation sites (N-methyl/N-ethyl adjacent to an activating group) is 1. The fourth-order valence-electron chi connectivity index (χ4n) is 3.37. The van der Waals surface area contributed by atoms with E-state index in [4.69, 9.17) is 4.74 Å². The zero-order valence-electron chi connectivity index (χ0n) is 15.1. The van der Waals surface area contributed by atoms with Gasteiger partial charge in [0.1, 0.15) is 6.10 Å². The van der Waals surface area contributed by atoms with Crippen molar-refractivity contribution in [3.05, 3.63) is 0 Å². The number of rotatable bonds is 6. The van der Waals surface area contributed by atoms with E-state index < -0.39 is 12.0 Å². The molecule has 0 aliphatic carbocycles. The second kappa shape index (κ2) is 7.96. The molecule has 2 fully saturated rings. The van der Waals surface area contributed by atoms with Gasteiger partial charge < -0.3 is 19.9 Å². The molecule has 0 bridgehead atoms. The van der Waals surface area contributed by atoms with Crippen molar-refractivity contribution in [1.29, 1.82) is 0 Å². The van der Waals surface area contributed by atoms with Crippen molar-refractivity contribution in [2.45, 2.75) is 45.8 Å². The van der Waals surface area contributed by atoms with Crippen molar-refractivity contribution >= 4 is 17.8 Å². The largest absolute Gasteiger partial charge is 0.462 e. The topological polar surface area (TPSA) is 78.9 Å². The SMILES string of the molecule is CCCC(=O)OC(C)[C@H]1C(=O)N[C@@H]1[C@@H](C)C(=O)N1CCN(C)CC1. The molecular formula is C17H29N3O4. The van der Waals surface area contributed by atoms with E-state index >= 15 is 0 Å². The number of nitrogens with one attached hydrogen (secondary N) is 1. The van der Waals surface area contributed by atoms with Gasteiger partial charge in [-0.15, -0.1) is 0 Å². The summed E-state index contributed by atoms with van der Waals surface area (Å²) in [6, 6.07) is -0.269. The molecular weight excluding hydrogens is 310 g/mol. The molecule has 136 valence electrons. The van der Waals surface area contributed by atoms with Gasteiger partial charge in [0.2, 0.25) is 11.8 Å². The summed E-state index contributed by atoms with van der Waals surface area (Å²) in [6.07, 6.45) is 0.550. The molecule has 0 aromatic rings. The van der Waals surface area contributed by atoms with Crippen molar-refractivity contribution in [2.24, 2.45) is 11.8 Å². The molecule has 7 nitrogen and oxygen atoms in total. The van der Waals surface area contributed by atoms with Crippen molar-refractivity contribution < 1.29 is 19.1 Å². The molecule has 0 saturated carbocycles. The Labute approximate surface area is 143 Å². The van der Waals surface area contributed by atoms with Crippen LogP contribution in [0.4, 0.5) is 0 Å². The summed E-state index contributed by atoms with van der Waals surface area (Å²) in [7, 11) is 2.04. The number of esters is 1. The summed E-state index contributed by atoms with van der Waals surface area (Å²) < 4.78 is 5.35. The van der Waals surface area contributed by atoms with E-state index in [0.717, 1.165) is 13.1 Å². The fourth-order valence-corrected chi connectivity index (χ4v) is 3.37. The number of hydrogen-bond acceptors (Lipinski definition) is 5. The third kappa shape index (κ3) is 4.06. The Morgan fingerprint density at radius 1 is 1.25 bits per heavy atom. The van der Waals surface area contributed by atoms with Crippen LogP contribution in [0.15, 0.2) is 0 Å². The Balaban J connectivity index is 1.93. The third-order valence-corrected chi connectivity index (χ3v) is 5.02. The molecule has 4 atom stereocenters. The van der Waals surface area contributed by atoms with Gasteiger partial charge in [-0.05, 0) is 20.4 Å². The maximum atomic E-state index is 12.7. The van der Waals surface area contributed by atoms with Crippen LogP contribution < -0.4 is 5.32 Å². The minimum atomic E-state index is -0.509. The van der Waals surface area contributed by atoms with Gasteiger partial charge in [0.15, 0.2) is 0 Å². The Morgan fingerprint density at radius 3 is 2.42 bits per heavy atom. The van der Waals surface area contributed by atoms with Gasteiger partial charge in [-0.25, -0.2) is 0 Å². The molecule has 0 aromatic carbocycles. The normalized spacial score (nSPS) is 27.0. The number of piperazine rings is 1. The van der Waals surface area contributed by atoms with E-state index in [1.807, 2.05) is 25.8 Å². The number of hydrogen-bond donors (Lipinski definition) is 1. The molecule has 2 rings (SSSR count). The minimum absolute atomic E-state index is 0.0604. The van der Waals surface area contributed by atoms with Crippen molar-refractivity contribution in [2.75, 3.05) is 33.2 Å². The lowest BCUT2D eigenvalue weighted by molar-refractivity contribution is -0.161. The van der Waals surface area contributed by atoms with Crippen LogP contribution in [0.1, 0.15) is 33.6 Å². The molecule has 1 unspecified atom stereocenters. The van der Waals surface area contributed by atoms with Gasteiger partial charge in [-0.1, -0.05) is 13.8 Å². The first-order valence-corrected chi connectivity index (χ1v) is 8.82. The molecule has 2 heterocycles. The smallest absolute Gasteiger partial charge is 0.306 e. The first-order valence-electron chi connectivity index (χ1n) is 8.82. The average molecular weight is 339 g/mol. The highest BCUT2D eigenvalue weighted by Crippen LogP contribution is 2.28. The molecule has 2 amide bonds. The van der Waals surface area contributed by atoms with Gasteiger partial charge >= 0.3 is 5.97 Å². The van der Waals surface area contributed by atoms with Crippen LogP contribution in [0.25, 0.3) is 0 Å². The van der Waals surface area contributed by atoms with Crippen molar-refractivity contribution in [3.63, 3.8) is 0 Å². The number of nitrogens with zero attached hydrogens (tertiary/aromatic N) is 2. The molecule has 0 spiro atoms. The standard InChI is InChI=1S/C17H29N3O4/c1-5-6-13(21)24-12(3)14-15(18-16(14)22)11(2)17(23)20-9-7-19(4)8-10-20/h11-12,14-15H,5-10H2,1-4H3,(H,18,22)/t11-,12?,14-,15-/m1/s1. The number of carbonyl (C=O) groups excluding carboxylic acids is 3. The van der Waals surface area contributed by atoms with Crippen LogP contribution >= 0.6 is 0 Å². The Hall–Kier alpha value is -1.63. The number of ether oxygens (including phenoxy) is 1. The summed E-state index contributed by atoms with van der Waals surface area (Å²) in [5.41, 5.74) is 0. The predicted molar refractivity (Wildman–Crippen MR) is 89.1 cm³/mol. The van der Waals surface area contributed by atoms with Crippen LogP contribution in [-0.2, 0) is 19.1 Å². The van der Waals surface area contributed by atoms with Crippen LogP contribution in [0.3, 0.4) is 0 Å². The summed E-state index contributed by atoms with van der Waals surface area (Å²) in [5, 5.41) is 2.82. The highest BCUT2D eigenvalue weighted by molar-refractivity contribution is 5.90. The van der Waals surface area contributed by atoms with E-state index in [1.165, 1.54) is 0 Å². The molecule has 0 radical (unpaired) electrons. The molecule has 1 N–H and O–H groups in total. The number of amides is 2. The lowest BCUT2D eigenvalue weighted by Gasteiger charge is -2.44. The summed E-state index contributed by atoms with van der Waals surface area (Å²) in [4.78, 5) is 40.3. The van der Waals surface area contributed by atoms with Gasteiger partial charge in [0.25, 0.3) is 0 Å². The zero-order valence-corrected chi connectivity index (χ0v) is 15.1. The van der Waals surface area contributed by atoms with E-state index in [1.54, 1.807) is 6.92 Å². The Bertz CT molecular complexity index is 488. The van der Waals surface area contributed by atoms with Gasteiger partial charge in [0, 0.05) is 32.6 Å². The lowest BCUT2D eigenvalue weighted by Crippen LogP contribution is -2.67. The lowest BCUT2D eigenvalue weighted by atomic mass is 9.78. The van der Waals surface area contributed by atoms with Crippen LogP contribution in [-0.4, -0.2) is 73.0 Å². The highest BCUT2D eigenvalue weighted by Gasteiger charge is 2.49. The molecule has 2 aliphatic heterocycles. The Morgan fingerprint density at radius 2 is 1.88 bits per heavy atom. The van der Waals surface area contributed by atoms with Gasteiger partial charge in [0.05, 0.1) is 17.9 Å². The molecule has 0 aromatic heterocycles. The minimum Gasteiger partial charge on any atom is -0.462 e. The average Bonchev–Trinajstić information content (AvgIpc) is 2.51. The fraction of sp³-hybridized carbons (Fsp3) is 0.824. The second-order valence-electron chi connectivity index (χ2n) is 6.92. The monoisotopic (exact) mass is 339 g/mol. The van der Waals surface area contributed by atoms with Gasteiger partial charge in [-0.2, -0.15) is 0 Å². The quantitative estimate of drug-likeness (QED) is 0.554. The summed E-state index contributed by atoms with van der Waals surface area (Å²) in [5.74, 6) is -1.14. The third-order valence-electron chi connectivity index (χ3n) is 5.02. The van der Waals surface area contributed by atoms with Crippen LogP contribution in [0.2, 0.25) is 0 Å². The molecule has 2 aliphatic rings. The predicted octanol–water partition coefficient (Wildman–Crippen LogP) is 0.243. The number of β-lactam (4-membered cyclic amide) rings is 1. The molecule has 2 saturated heterocycles. The first kappa shape index (κ1) is 18.7.